The number of aromatic nitrogens is 2. The quantitative estimate of drug-likeness (QED) is 0.691. The van der Waals surface area contributed by atoms with Gasteiger partial charge in [0.15, 0.2) is 0 Å². The Balaban J connectivity index is 2.02. The van der Waals surface area contributed by atoms with Gasteiger partial charge in [0.2, 0.25) is 5.89 Å². The number of hydrogen-bond donors (Lipinski definition) is 0. The molecule has 3 rings (SSSR count). The molecule has 92 valence electrons. The summed E-state index contributed by atoms with van der Waals surface area (Å²) in [5.74, 6) is 1.27. The second-order valence-electron chi connectivity index (χ2n) is 4.37. The van der Waals surface area contributed by atoms with E-state index >= 15 is 0 Å². The van der Waals surface area contributed by atoms with Gasteiger partial charge in [-0.05, 0) is 32.0 Å². The van der Waals surface area contributed by atoms with Crippen LogP contribution in [0.2, 0.25) is 0 Å². The van der Waals surface area contributed by atoms with E-state index in [1.54, 1.807) is 12.1 Å². The van der Waals surface area contributed by atoms with Gasteiger partial charge in [0.1, 0.15) is 11.6 Å². The molecular formula is C14H13FN2O. The Kier molecular flexibility index (Phi) is 2.44. The van der Waals surface area contributed by atoms with E-state index in [1.165, 1.54) is 6.07 Å². The van der Waals surface area contributed by atoms with E-state index < -0.39 is 0 Å². The van der Waals surface area contributed by atoms with Crippen molar-refractivity contribution >= 4 is 10.9 Å². The second kappa shape index (κ2) is 3.98. The summed E-state index contributed by atoms with van der Waals surface area (Å²) in [6.45, 7) is 4.32. The molecule has 0 radical (unpaired) electrons. The summed E-state index contributed by atoms with van der Waals surface area (Å²) in [6.07, 6.45) is 1.85. The van der Waals surface area contributed by atoms with Gasteiger partial charge in [0, 0.05) is 11.6 Å². The smallest absolute Gasteiger partial charge is 0.214 e. The number of hydrogen-bond acceptors (Lipinski definition) is 2. The molecule has 18 heavy (non-hydrogen) atoms. The maximum absolute atomic E-state index is 13.6. The first-order valence-corrected chi connectivity index (χ1v) is 5.81. The van der Waals surface area contributed by atoms with Gasteiger partial charge < -0.3 is 8.98 Å². The number of aryl methyl sites for hydroxylation is 2. The van der Waals surface area contributed by atoms with E-state index in [0.29, 0.717) is 17.8 Å². The molecule has 3 aromatic rings. The number of halogens is 1. The average molecular weight is 244 g/mol. The Morgan fingerprint density at radius 2 is 2.11 bits per heavy atom. The molecular weight excluding hydrogens is 231 g/mol. The molecule has 0 bridgehead atoms. The van der Waals surface area contributed by atoms with Crippen LogP contribution in [0, 0.1) is 19.7 Å². The molecule has 0 aliphatic heterocycles. The minimum atomic E-state index is -0.203. The fraction of sp³-hybridized carbons (Fsp3) is 0.214. The van der Waals surface area contributed by atoms with Crippen LogP contribution in [-0.4, -0.2) is 9.55 Å². The normalized spacial score (nSPS) is 11.3. The number of benzene rings is 1. The molecule has 2 aromatic heterocycles. The first kappa shape index (κ1) is 11.0. The minimum absolute atomic E-state index is 0.203. The van der Waals surface area contributed by atoms with Crippen molar-refractivity contribution in [2.75, 3.05) is 0 Å². The van der Waals surface area contributed by atoms with E-state index in [2.05, 4.69) is 4.98 Å². The summed E-state index contributed by atoms with van der Waals surface area (Å²) in [4.78, 5) is 4.33. The van der Waals surface area contributed by atoms with E-state index in [4.69, 9.17) is 4.42 Å². The molecule has 0 saturated heterocycles. The van der Waals surface area contributed by atoms with Gasteiger partial charge in [-0.2, -0.15) is 0 Å². The monoisotopic (exact) mass is 244 g/mol. The lowest BCUT2D eigenvalue weighted by atomic mass is 10.2. The highest BCUT2D eigenvalue weighted by Gasteiger charge is 2.09. The second-order valence-corrected chi connectivity index (χ2v) is 4.37. The molecule has 0 atom stereocenters. The predicted molar refractivity (Wildman–Crippen MR) is 67.0 cm³/mol. The SMILES string of the molecule is Cc1nc(Cn2ccc3c(F)cccc32)oc1C. The molecule has 0 saturated carbocycles. The van der Waals surface area contributed by atoms with E-state index in [0.717, 1.165) is 17.0 Å². The third kappa shape index (κ3) is 1.70. The highest BCUT2D eigenvalue weighted by Crippen LogP contribution is 2.20. The predicted octanol–water partition coefficient (Wildman–Crippen LogP) is 3.43. The van der Waals surface area contributed by atoms with Crippen LogP contribution in [-0.2, 0) is 6.54 Å². The summed E-state index contributed by atoms with van der Waals surface area (Å²) in [5, 5.41) is 0.623. The zero-order valence-electron chi connectivity index (χ0n) is 10.3. The molecule has 2 heterocycles. The summed E-state index contributed by atoms with van der Waals surface area (Å²) < 4.78 is 21.0. The topological polar surface area (TPSA) is 31.0 Å². The average Bonchev–Trinajstić information content (AvgIpc) is 2.86. The van der Waals surface area contributed by atoms with Gasteiger partial charge in [-0.1, -0.05) is 6.07 Å². The van der Waals surface area contributed by atoms with Crippen LogP contribution in [0.4, 0.5) is 4.39 Å². The lowest BCUT2D eigenvalue weighted by Gasteiger charge is -2.01. The molecule has 0 amide bonds. The Bertz CT molecular complexity index is 692. The van der Waals surface area contributed by atoms with Crippen LogP contribution in [0.1, 0.15) is 17.3 Å². The molecule has 0 N–H and O–H groups in total. The Labute approximate surface area is 104 Å². The molecule has 0 aliphatic rings. The molecule has 0 unspecified atom stereocenters. The van der Waals surface area contributed by atoms with Crippen LogP contribution in [0.3, 0.4) is 0 Å². The minimum Gasteiger partial charge on any atom is -0.444 e. The number of nitrogens with zero attached hydrogens (tertiary/aromatic N) is 2. The summed E-state index contributed by atoms with van der Waals surface area (Å²) in [6, 6.07) is 6.83. The lowest BCUT2D eigenvalue weighted by Crippen LogP contribution is -1.98. The largest absolute Gasteiger partial charge is 0.444 e. The summed E-state index contributed by atoms with van der Waals surface area (Å²) >= 11 is 0. The van der Waals surface area contributed by atoms with E-state index in [-0.39, 0.29) is 5.82 Å². The third-order valence-corrected chi connectivity index (χ3v) is 3.14. The molecule has 0 fully saturated rings. The molecule has 0 spiro atoms. The fourth-order valence-corrected chi connectivity index (χ4v) is 2.08. The zero-order chi connectivity index (χ0) is 12.7. The maximum atomic E-state index is 13.6. The first-order chi connectivity index (χ1) is 8.65. The highest BCUT2D eigenvalue weighted by atomic mass is 19.1. The van der Waals surface area contributed by atoms with E-state index in [1.807, 2.05) is 30.7 Å². The van der Waals surface area contributed by atoms with Gasteiger partial charge in [0.25, 0.3) is 0 Å². The molecule has 3 nitrogen and oxygen atoms in total. The molecule has 4 heteroatoms. The van der Waals surface area contributed by atoms with Crippen molar-refractivity contribution in [1.29, 1.82) is 0 Å². The van der Waals surface area contributed by atoms with Crippen molar-refractivity contribution in [1.82, 2.24) is 9.55 Å². The van der Waals surface area contributed by atoms with Crippen LogP contribution in [0.25, 0.3) is 10.9 Å². The maximum Gasteiger partial charge on any atom is 0.214 e. The van der Waals surface area contributed by atoms with Crippen LogP contribution < -0.4 is 0 Å². The number of rotatable bonds is 2. The van der Waals surface area contributed by atoms with E-state index in [9.17, 15) is 4.39 Å². The zero-order valence-corrected chi connectivity index (χ0v) is 10.3. The third-order valence-electron chi connectivity index (χ3n) is 3.14. The number of oxazole rings is 1. The van der Waals surface area contributed by atoms with Crippen LogP contribution in [0.15, 0.2) is 34.9 Å². The van der Waals surface area contributed by atoms with Crippen molar-refractivity contribution in [3.8, 4) is 0 Å². The lowest BCUT2D eigenvalue weighted by molar-refractivity contribution is 0.459. The van der Waals surface area contributed by atoms with Gasteiger partial charge in [0.05, 0.1) is 17.8 Å². The Morgan fingerprint density at radius 3 is 2.83 bits per heavy atom. The van der Waals surface area contributed by atoms with Gasteiger partial charge >= 0.3 is 0 Å². The molecule has 0 aliphatic carbocycles. The number of fused-ring (bicyclic) bond motifs is 1. The van der Waals surface area contributed by atoms with Crippen molar-refractivity contribution in [3.05, 3.63) is 53.6 Å². The highest BCUT2D eigenvalue weighted by molar-refractivity contribution is 5.80. The van der Waals surface area contributed by atoms with Gasteiger partial charge in [-0.25, -0.2) is 9.37 Å². The van der Waals surface area contributed by atoms with Gasteiger partial charge in [-0.3, -0.25) is 0 Å². The van der Waals surface area contributed by atoms with Gasteiger partial charge in [-0.15, -0.1) is 0 Å². The van der Waals surface area contributed by atoms with Crippen LogP contribution >= 0.6 is 0 Å². The van der Waals surface area contributed by atoms with Crippen molar-refractivity contribution in [3.63, 3.8) is 0 Å². The standard InChI is InChI=1S/C14H13FN2O/c1-9-10(2)18-14(16-9)8-17-7-6-11-12(15)4-3-5-13(11)17/h3-7H,8H2,1-2H3. The summed E-state index contributed by atoms with van der Waals surface area (Å²) in [5.41, 5.74) is 1.75. The first-order valence-electron chi connectivity index (χ1n) is 5.81. The molecule has 1 aromatic carbocycles. The van der Waals surface area contributed by atoms with Crippen molar-refractivity contribution < 1.29 is 8.81 Å². The van der Waals surface area contributed by atoms with Crippen molar-refractivity contribution in [2.45, 2.75) is 20.4 Å². The van der Waals surface area contributed by atoms with Crippen molar-refractivity contribution in [2.24, 2.45) is 0 Å². The Hall–Kier alpha value is -2.10. The Morgan fingerprint density at radius 1 is 1.28 bits per heavy atom. The van der Waals surface area contributed by atoms with Crippen LogP contribution in [0.5, 0.6) is 0 Å². The summed E-state index contributed by atoms with van der Waals surface area (Å²) in [7, 11) is 0. The fourth-order valence-electron chi connectivity index (χ4n) is 2.08.